The molecule has 2 aromatic heterocycles. The van der Waals surface area contributed by atoms with Gasteiger partial charge in [0.25, 0.3) is 5.91 Å². The molecule has 1 amide bonds. The van der Waals surface area contributed by atoms with Crippen molar-refractivity contribution < 1.29 is 40.4 Å². The quantitative estimate of drug-likeness (QED) is 0.362. The number of alkyl halides is 3. The minimum absolute atomic E-state index is 0.160. The van der Waals surface area contributed by atoms with E-state index >= 15 is 4.39 Å². The number of hydrogen-bond acceptors (Lipinski definition) is 5. The lowest BCUT2D eigenvalue weighted by atomic mass is 10.1. The number of benzene rings is 2. The van der Waals surface area contributed by atoms with Gasteiger partial charge in [-0.15, -0.1) is 0 Å². The third-order valence-electron chi connectivity index (χ3n) is 4.99. The van der Waals surface area contributed by atoms with Gasteiger partial charge in [-0.2, -0.15) is 13.2 Å². The van der Waals surface area contributed by atoms with Crippen LogP contribution in [0.5, 0.6) is 0 Å². The van der Waals surface area contributed by atoms with E-state index in [1.54, 1.807) is 0 Å². The maximum atomic E-state index is 15.2. The number of nitrogens with two attached hydrogens (primary N) is 1. The molecule has 182 valence electrons. The minimum atomic E-state index is -5.11. The van der Waals surface area contributed by atoms with Gasteiger partial charge in [-0.05, 0) is 36.7 Å². The Kier molecular flexibility index (Phi) is 4.97. The van der Waals surface area contributed by atoms with Crippen LogP contribution in [0.4, 0.5) is 37.8 Å². The maximum absolute atomic E-state index is 15.2. The van der Waals surface area contributed by atoms with Crippen molar-refractivity contribution in [1.82, 2.24) is 14.4 Å². The van der Waals surface area contributed by atoms with E-state index in [2.05, 4.69) is 9.97 Å². The van der Waals surface area contributed by atoms with E-state index in [4.69, 9.17) is 9.85 Å². The number of amides is 1. The molecule has 0 fully saturated rings. The van der Waals surface area contributed by atoms with Crippen LogP contribution in [0.25, 0.3) is 16.8 Å². The van der Waals surface area contributed by atoms with Gasteiger partial charge >= 0.3 is 6.18 Å². The van der Waals surface area contributed by atoms with Gasteiger partial charge in [0.1, 0.15) is 34.4 Å². The molecule has 0 bridgehead atoms. The molecule has 0 spiro atoms. The van der Waals surface area contributed by atoms with E-state index in [9.17, 15) is 31.9 Å². The topological polar surface area (TPSA) is 106 Å². The van der Waals surface area contributed by atoms with Crippen LogP contribution in [0.3, 0.4) is 0 Å². The lowest BCUT2D eigenvalue weighted by Gasteiger charge is -2.14. The summed E-state index contributed by atoms with van der Waals surface area (Å²) in [5.74, 6) is -7.22. The second-order valence-corrected chi connectivity index (χ2v) is 7.23. The maximum Gasteiger partial charge on any atom is 0.433 e. The van der Waals surface area contributed by atoms with E-state index < -0.39 is 82.3 Å². The highest BCUT2D eigenvalue weighted by molar-refractivity contribution is 5.95. The Morgan fingerprint density at radius 3 is 2.60 bits per heavy atom. The van der Waals surface area contributed by atoms with Crippen LogP contribution in [-0.4, -0.2) is 25.4 Å². The summed E-state index contributed by atoms with van der Waals surface area (Å²) in [6.45, 7) is -3.23. The number of aliphatic hydroxyl groups is 1. The van der Waals surface area contributed by atoms with Crippen molar-refractivity contribution in [2.45, 2.75) is 19.1 Å². The van der Waals surface area contributed by atoms with Crippen LogP contribution in [0, 0.1) is 24.3 Å². The first-order chi connectivity index (χ1) is 17.6. The largest absolute Gasteiger partial charge is 0.433 e. The molecule has 4 aromatic rings. The summed E-state index contributed by atoms with van der Waals surface area (Å²) < 4.78 is 107. The van der Waals surface area contributed by atoms with Crippen molar-refractivity contribution in [3.05, 3.63) is 77.1 Å². The molecule has 4 rings (SSSR count). The number of nitrogens with zero attached hydrogens (tertiary/aromatic N) is 3. The lowest BCUT2D eigenvalue weighted by molar-refractivity contribution is -0.142. The number of carbonyl (C=O) groups is 1. The Hall–Kier alpha value is -4.13. The van der Waals surface area contributed by atoms with Crippen LogP contribution >= 0.6 is 0 Å². The highest BCUT2D eigenvalue weighted by atomic mass is 19.4. The molecule has 0 saturated carbocycles. The first-order valence-electron chi connectivity index (χ1n) is 11.1. The Balaban J connectivity index is 1.82. The molecule has 2 heterocycles. The number of halogens is 6. The number of aromatic nitrogens is 3. The zero-order chi connectivity index (χ0) is 28.2. The number of hydrogen-bond donors (Lipinski definition) is 3. The van der Waals surface area contributed by atoms with Gasteiger partial charge in [-0.25, -0.2) is 23.1 Å². The Morgan fingerprint density at radius 2 is 1.94 bits per heavy atom. The fraction of sp³-hybridized carbons (Fsp3) is 0.136. The summed E-state index contributed by atoms with van der Waals surface area (Å²) in [5, 5.41) is 12.0. The average molecular weight is 498 g/mol. The molecule has 1 atom stereocenters. The van der Waals surface area contributed by atoms with Crippen molar-refractivity contribution >= 4 is 22.9 Å². The highest BCUT2D eigenvalue weighted by Gasteiger charge is 2.36. The van der Waals surface area contributed by atoms with Crippen LogP contribution in [0.15, 0.2) is 42.6 Å². The molecule has 0 aliphatic carbocycles. The molecule has 0 saturated heterocycles. The smallest absolute Gasteiger partial charge is 0.382 e. The lowest BCUT2D eigenvalue weighted by Crippen LogP contribution is -2.21. The molecule has 1 unspecified atom stereocenters. The van der Waals surface area contributed by atoms with Gasteiger partial charge in [0.05, 0.1) is 11.9 Å². The van der Waals surface area contributed by atoms with E-state index in [1.165, 1.54) is 12.1 Å². The second kappa shape index (κ2) is 8.58. The molecule has 13 heteroatoms. The molecule has 0 aliphatic heterocycles. The predicted molar refractivity (Wildman–Crippen MR) is 112 cm³/mol. The molecule has 35 heavy (non-hydrogen) atoms. The van der Waals surface area contributed by atoms with Crippen molar-refractivity contribution in [2.75, 3.05) is 11.1 Å². The molecule has 4 N–H and O–H groups in total. The van der Waals surface area contributed by atoms with Crippen LogP contribution in [-0.2, 0) is 11.0 Å². The average Bonchev–Trinajstić information content (AvgIpc) is 3.22. The third kappa shape index (κ3) is 4.25. The van der Waals surface area contributed by atoms with Crippen molar-refractivity contribution in [3.63, 3.8) is 0 Å². The fourth-order valence-electron chi connectivity index (χ4n) is 3.39. The Bertz CT molecular complexity index is 1570. The standard InChI is InChI=1S/C22H15F6N5O2/c1-9-31-17(18-20(29)30-8-14(33(9)18)22(26,27)28)12-5-6-13(16(25)15(12)24)32-21(35)19(34)10-3-2-4-11(23)7-10/h2-8,19,34H,1H3,(H2,29,30)(H,32,35)/i1D3. The number of nitrogen functional groups attached to an aromatic ring is 1. The van der Waals surface area contributed by atoms with Crippen LogP contribution in [0.1, 0.15) is 27.3 Å². The minimum Gasteiger partial charge on any atom is -0.382 e. The second-order valence-electron chi connectivity index (χ2n) is 7.23. The number of imidazole rings is 1. The summed E-state index contributed by atoms with van der Waals surface area (Å²) in [5.41, 5.74) is 0.901. The Labute approximate surface area is 197 Å². The zero-order valence-electron chi connectivity index (χ0n) is 20.2. The van der Waals surface area contributed by atoms with E-state index in [0.717, 1.165) is 24.3 Å². The van der Waals surface area contributed by atoms with Crippen LogP contribution in [0.2, 0.25) is 0 Å². The highest BCUT2D eigenvalue weighted by Crippen LogP contribution is 2.37. The Morgan fingerprint density at radius 1 is 1.20 bits per heavy atom. The molecular weight excluding hydrogens is 480 g/mol. The number of fused-ring (bicyclic) bond motifs is 1. The summed E-state index contributed by atoms with van der Waals surface area (Å²) in [4.78, 5) is 19.4. The number of aryl methyl sites for hydroxylation is 1. The van der Waals surface area contributed by atoms with Gasteiger partial charge in [-0.1, -0.05) is 12.1 Å². The SMILES string of the molecule is [2H]C([2H])([2H])c1nc(-c2ccc(NC(=O)C(O)c3cccc(F)c3)c(F)c2F)c2c(N)ncc(C(F)(F)F)n12. The molecule has 0 radical (unpaired) electrons. The van der Waals surface area contributed by atoms with Crippen LogP contribution < -0.4 is 11.1 Å². The third-order valence-corrected chi connectivity index (χ3v) is 4.99. The van der Waals surface area contributed by atoms with Gasteiger partial charge in [0.2, 0.25) is 0 Å². The van der Waals surface area contributed by atoms with E-state index in [-0.39, 0.29) is 16.2 Å². The number of anilines is 2. The van der Waals surface area contributed by atoms with Gasteiger partial charge < -0.3 is 16.2 Å². The monoisotopic (exact) mass is 498 g/mol. The molecule has 0 aliphatic rings. The first kappa shape index (κ1) is 20.3. The normalized spacial score (nSPS) is 14.3. The summed E-state index contributed by atoms with van der Waals surface area (Å²) in [7, 11) is 0. The molecule has 2 aromatic carbocycles. The van der Waals surface area contributed by atoms with Gasteiger partial charge in [0, 0.05) is 9.68 Å². The van der Waals surface area contributed by atoms with Crippen molar-refractivity contribution in [3.8, 4) is 11.3 Å². The van der Waals surface area contributed by atoms with E-state index in [1.807, 2.05) is 5.32 Å². The summed E-state index contributed by atoms with van der Waals surface area (Å²) >= 11 is 0. The zero-order valence-corrected chi connectivity index (χ0v) is 17.2. The van der Waals surface area contributed by atoms with Crippen molar-refractivity contribution in [2.24, 2.45) is 0 Å². The summed E-state index contributed by atoms with van der Waals surface area (Å²) in [6.07, 6.45) is -6.79. The molecule has 7 nitrogen and oxygen atoms in total. The fourth-order valence-corrected chi connectivity index (χ4v) is 3.39. The summed E-state index contributed by atoms with van der Waals surface area (Å²) in [6, 6.07) is 5.95. The van der Waals surface area contributed by atoms with Gasteiger partial charge in [-0.3, -0.25) is 9.20 Å². The van der Waals surface area contributed by atoms with E-state index in [0.29, 0.717) is 0 Å². The predicted octanol–water partition coefficient (Wildman–Crippen LogP) is 4.40. The number of carbonyl (C=O) groups excluding carboxylic acids is 1. The van der Waals surface area contributed by atoms with Gasteiger partial charge in [0.15, 0.2) is 17.7 Å². The van der Waals surface area contributed by atoms with Crippen molar-refractivity contribution in [1.29, 1.82) is 0 Å². The number of aliphatic hydroxyl groups excluding tert-OH is 1. The molecular formula is C22H15F6N5O2. The number of rotatable bonds is 4. The first-order valence-corrected chi connectivity index (χ1v) is 9.58. The number of nitrogens with one attached hydrogen (secondary N) is 1.